The third kappa shape index (κ3) is 1.44. The highest BCUT2D eigenvalue weighted by atomic mass is 79.9. The molecule has 0 saturated carbocycles. The summed E-state index contributed by atoms with van der Waals surface area (Å²) >= 11 is 2.92. The molecular formula is C6H5BrFNO. The van der Waals surface area contributed by atoms with Gasteiger partial charge in [-0.15, -0.1) is 0 Å². The molecule has 54 valence electrons. The van der Waals surface area contributed by atoms with Gasteiger partial charge in [-0.2, -0.15) is 0 Å². The number of methoxy groups -OCH3 is 1. The number of halogens is 2. The van der Waals surface area contributed by atoms with E-state index >= 15 is 0 Å². The van der Waals surface area contributed by atoms with Crippen molar-refractivity contribution in [1.82, 2.24) is 4.98 Å². The molecule has 0 amide bonds. The van der Waals surface area contributed by atoms with Crippen molar-refractivity contribution in [3.63, 3.8) is 0 Å². The fourth-order valence-electron chi connectivity index (χ4n) is 0.477. The van der Waals surface area contributed by atoms with E-state index < -0.39 is 12.9 Å². The van der Waals surface area contributed by atoms with Crippen molar-refractivity contribution in [2.45, 2.75) is 0 Å². The Bertz CT molecular complexity index is 317. The first kappa shape index (κ1) is 4.28. The summed E-state index contributed by atoms with van der Waals surface area (Å²) in [5, 5.41) is 0. The molecule has 0 N–H and O–H groups in total. The molecule has 0 aliphatic heterocycles. The molecule has 0 aromatic carbocycles. The summed E-state index contributed by atoms with van der Waals surface area (Å²) in [7, 11) is -2.58. The molecule has 0 spiro atoms. The fraction of sp³-hybridized carbons (Fsp3) is 0.167. The van der Waals surface area contributed by atoms with Gasteiger partial charge in [-0.25, -0.2) is 9.37 Å². The van der Waals surface area contributed by atoms with Crippen LogP contribution in [0.3, 0.4) is 0 Å². The normalized spacial score (nSPS) is 15.2. The molecule has 0 atom stereocenters. The second-order valence-electron chi connectivity index (χ2n) is 1.54. The molecule has 0 aliphatic carbocycles. The van der Waals surface area contributed by atoms with Crippen LogP contribution in [0.1, 0.15) is 4.11 Å². The first-order valence-corrected chi connectivity index (χ1v) is 3.18. The van der Waals surface area contributed by atoms with E-state index in [2.05, 4.69) is 25.7 Å². The van der Waals surface area contributed by atoms with E-state index in [0.29, 0.717) is 0 Å². The highest BCUT2D eigenvalue weighted by molar-refractivity contribution is 9.10. The maximum Gasteiger partial charge on any atom is 0.227 e. The average molecular weight is 209 g/mol. The van der Waals surface area contributed by atoms with Gasteiger partial charge in [0.25, 0.3) is 0 Å². The Morgan fingerprint density at radius 1 is 1.90 bits per heavy atom. The zero-order valence-electron chi connectivity index (χ0n) is 7.77. The SMILES string of the molecule is [2H]C([2H])([2H])Oc1ncc(F)cc1Br. The highest BCUT2D eigenvalue weighted by Gasteiger charge is 2.00. The third-order valence-electron chi connectivity index (χ3n) is 0.871. The minimum absolute atomic E-state index is 0.151. The Hall–Kier alpha value is -0.640. The molecule has 0 unspecified atom stereocenters. The Balaban J connectivity index is 2.90. The van der Waals surface area contributed by atoms with Crippen LogP contribution in [0.2, 0.25) is 0 Å². The summed E-state index contributed by atoms with van der Waals surface area (Å²) < 4.78 is 37.5. The molecular weight excluding hydrogens is 201 g/mol. The lowest BCUT2D eigenvalue weighted by Gasteiger charge is -1.99. The van der Waals surface area contributed by atoms with Crippen LogP contribution in [-0.2, 0) is 0 Å². The number of aromatic nitrogens is 1. The number of pyridine rings is 1. The summed E-state index contributed by atoms with van der Waals surface area (Å²) in [5.74, 6) is -0.717. The van der Waals surface area contributed by atoms with Gasteiger partial charge in [-0.05, 0) is 22.0 Å². The van der Waals surface area contributed by atoms with E-state index in [1.807, 2.05) is 0 Å². The summed E-state index contributed by atoms with van der Waals surface area (Å²) in [6.45, 7) is 0. The first-order chi connectivity index (χ1) is 5.88. The number of hydrogen-bond donors (Lipinski definition) is 0. The Morgan fingerprint density at radius 2 is 2.70 bits per heavy atom. The van der Waals surface area contributed by atoms with Gasteiger partial charge in [-0.3, -0.25) is 0 Å². The average Bonchev–Trinajstić information content (AvgIpc) is 1.93. The van der Waals surface area contributed by atoms with Gasteiger partial charge in [0, 0.05) is 0 Å². The standard InChI is InChI=1S/C6H5BrFNO/c1-10-6-5(7)2-4(8)3-9-6/h2-3H,1H3/i1D3. The molecule has 0 radical (unpaired) electrons. The van der Waals surface area contributed by atoms with Gasteiger partial charge in [0.1, 0.15) is 5.82 Å². The molecule has 1 aromatic rings. The van der Waals surface area contributed by atoms with E-state index in [0.717, 1.165) is 12.3 Å². The first-order valence-electron chi connectivity index (χ1n) is 3.88. The van der Waals surface area contributed by atoms with Gasteiger partial charge in [0.05, 0.1) is 21.8 Å². The van der Waals surface area contributed by atoms with E-state index in [-0.39, 0.29) is 10.4 Å². The van der Waals surface area contributed by atoms with Gasteiger partial charge < -0.3 is 4.74 Å². The number of rotatable bonds is 1. The molecule has 4 heteroatoms. The number of nitrogens with zero attached hydrogens (tertiary/aromatic N) is 1. The van der Waals surface area contributed by atoms with Crippen LogP contribution in [0, 0.1) is 5.82 Å². The molecule has 0 bridgehead atoms. The summed E-state index contributed by atoms with van der Waals surface area (Å²) in [5.41, 5.74) is 0. The quantitative estimate of drug-likeness (QED) is 0.705. The molecule has 0 saturated heterocycles. The molecule has 0 aliphatic rings. The lowest BCUT2D eigenvalue weighted by molar-refractivity contribution is 0.393. The Morgan fingerprint density at radius 3 is 3.30 bits per heavy atom. The molecule has 10 heavy (non-hydrogen) atoms. The Labute approximate surface area is 70.4 Å². The van der Waals surface area contributed by atoms with Crippen LogP contribution in [-0.4, -0.2) is 12.0 Å². The van der Waals surface area contributed by atoms with Crippen molar-refractivity contribution >= 4 is 15.9 Å². The lowest BCUT2D eigenvalue weighted by Crippen LogP contribution is -1.88. The predicted octanol–water partition coefficient (Wildman–Crippen LogP) is 1.99. The number of ether oxygens (including phenoxy) is 1. The molecule has 1 aromatic heterocycles. The Kier molecular flexibility index (Phi) is 1.27. The van der Waals surface area contributed by atoms with Crippen LogP contribution in [0.4, 0.5) is 4.39 Å². The van der Waals surface area contributed by atoms with Crippen molar-refractivity contribution < 1.29 is 13.2 Å². The van der Waals surface area contributed by atoms with Crippen molar-refractivity contribution in [1.29, 1.82) is 0 Å². The van der Waals surface area contributed by atoms with Crippen LogP contribution < -0.4 is 4.74 Å². The maximum absolute atomic E-state index is 12.5. The van der Waals surface area contributed by atoms with Crippen LogP contribution in [0.5, 0.6) is 5.88 Å². The minimum atomic E-state index is -2.58. The summed E-state index contributed by atoms with van der Waals surface area (Å²) in [6.07, 6.45) is 0.881. The summed E-state index contributed by atoms with van der Waals surface area (Å²) in [6, 6.07) is 1.08. The van der Waals surface area contributed by atoms with Gasteiger partial charge in [-0.1, -0.05) is 0 Å². The van der Waals surface area contributed by atoms with Crippen LogP contribution in [0.25, 0.3) is 0 Å². The zero-order chi connectivity index (χ0) is 10.1. The van der Waals surface area contributed by atoms with Crippen LogP contribution in [0.15, 0.2) is 16.7 Å². The van der Waals surface area contributed by atoms with E-state index in [4.69, 9.17) is 4.11 Å². The molecule has 1 rings (SSSR count). The zero-order valence-corrected chi connectivity index (χ0v) is 6.35. The largest absolute Gasteiger partial charge is 0.480 e. The van der Waals surface area contributed by atoms with Gasteiger partial charge in [0.15, 0.2) is 0 Å². The molecule has 0 fully saturated rings. The van der Waals surface area contributed by atoms with E-state index in [1.165, 1.54) is 0 Å². The van der Waals surface area contributed by atoms with Crippen molar-refractivity contribution in [3.8, 4) is 5.88 Å². The van der Waals surface area contributed by atoms with Crippen LogP contribution >= 0.6 is 15.9 Å². The third-order valence-corrected chi connectivity index (χ3v) is 1.44. The fourth-order valence-corrected chi connectivity index (χ4v) is 0.879. The van der Waals surface area contributed by atoms with Gasteiger partial charge >= 0.3 is 0 Å². The minimum Gasteiger partial charge on any atom is -0.480 e. The topological polar surface area (TPSA) is 22.1 Å². The molecule has 1 heterocycles. The molecule has 2 nitrogen and oxygen atoms in total. The van der Waals surface area contributed by atoms with E-state index in [9.17, 15) is 4.39 Å². The lowest BCUT2D eigenvalue weighted by atomic mass is 10.5. The van der Waals surface area contributed by atoms with Gasteiger partial charge in [0.2, 0.25) is 5.88 Å². The highest BCUT2D eigenvalue weighted by Crippen LogP contribution is 2.21. The smallest absolute Gasteiger partial charge is 0.227 e. The monoisotopic (exact) mass is 208 g/mol. The second-order valence-corrected chi connectivity index (χ2v) is 2.40. The second kappa shape index (κ2) is 2.96. The van der Waals surface area contributed by atoms with Crippen molar-refractivity contribution in [2.75, 3.05) is 7.04 Å². The predicted molar refractivity (Wildman–Crippen MR) is 38.4 cm³/mol. The van der Waals surface area contributed by atoms with Crippen molar-refractivity contribution in [3.05, 3.63) is 22.6 Å². The maximum atomic E-state index is 12.5. The summed E-state index contributed by atoms with van der Waals surface area (Å²) in [4.78, 5) is 3.46. The van der Waals surface area contributed by atoms with Crippen molar-refractivity contribution in [2.24, 2.45) is 0 Å². The van der Waals surface area contributed by atoms with E-state index in [1.54, 1.807) is 0 Å². The number of hydrogen-bond acceptors (Lipinski definition) is 2.